The SMILES string of the molecule is CCNC(=O)CN(CC)C(=O)C[NH+]1CC[NH+](Cc2cccc(C)c2)CC1. The van der Waals surface area contributed by atoms with Crippen LogP contribution in [0.15, 0.2) is 24.3 Å². The smallest absolute Gasteiger partial charge is 0.278 e. The molecule has 1 aliphatic rings. The van der Waals surface area contributed by atoms with Gasteiger partial charge in [-0.15, -0.1) is 0 Å². The first-order chi connectivity index (χ1) is 12.5. The van der Waals surface area contributed by atoms with E-state index in [2.05, 4.69) is 36.5 Å². The Balaban J connectivity index is 1.76. The summed E-state index contributed by atoms with van der Waals surface area (Å²) in [6.07, 6.45) is 0. The highest BCUT2D eigenvalue weighted by atomic mass is 16.2. The fourth-order valence-electron chi connectivity index (χ4n) is 3.55. The molecular weight excluding hydrogens is 328 g/mol. The summed E-state index contributed by atoms with van der Waals surface area (Å²) in [6.45, 7) is 13.0. The van der Waals surface area contributed by atoms with E-state index in [4.69, 9.17) is 0 Å². The number of amides is 2. The summed E-state index contributed by atoms with van der Waals surface area (Å²) in [5.41, 5.74) is 2.70. The molecule has 1 aromatic carbocycles. The van der Waals surface area contributed by atoms with Gasteiger partial charge < -0.3 is 20.0 Å². The first kappa shape index (κ1) is 20.4. The van der Waals surface area contributed by atoms with E-state index in [1.54, 1.807) is 9.80 Å². The van der Waals surface area contributed by atoms with Crippen molar-refractivity contribution in [3.63, 3.8) is 0 Å². The third-order valence-electron chi connectivity index (χ3n) is 5.04. The van der Waals surface area contributed by atoms with Gasteiger partial charge in [-0.2, -0.15) is 0 Å². The second-order valence-corrected chi connectivity index (χ2v) is 7.20. The molecule has 0 atom stereocenters. The maximum Gasteiger partial charge on any atom is 0.278 e. The third kappa shape index (κ3) is 6.42. The van der Waals surface area contributed by atoms with Crippen molar-refractivity contribution < 1.29 is 19.4 Å². The minimum atomic E-state index is -0.0786. The number of benzene rings is 1. The van der Waals surface area contributed by atoms with Gasteiger partial charge in [-0.3, -0.25) is 9.59 Å². The number of rotatable bonds is 8. The number of nitrogens with one attached hydrogen (secondary N) is 3. The average molecular weight is 363 g/mol. The molecule has 1 fully saturated rings. The largest absolute Gasteiger partial charge is 0.355 e. The molecule has 1 aliphatic heterocycles. The standard InChI is InChI=1S/C20H32N4O2/c1-4-21-19(25)15-24(5-2)20(26)16-23-11-9-22(10-12-23)14-18-8-6-7-17(3)13-18/h6-8,13H,4-5,9-12,14-16H2,1-3H3,(H,21,25)/p+2. The Morgan fingerprint density at radius 1 is 1.12 bits per heavy atom. The molecule has 144 valence electrons. The number of nitrogens with zero attached hydrogens (tertiary/aromatic N) is 1. The number of piperazine rings is 1. The fraction of sp³-hybridized carbons (Fsp3) is 0.600. The van der Waals surface area contributed by atoms with E-state index in [-0.39, 0.29) is 18.4 Å². The number of likely N-dealkylation sites (N-methyl/N-ethyl adjacent to an activating group) is 2. The van der Waals surface area contributed by atoms with Gasteiger partial charge in [0, 0.05) is 18.7 Å². The molecule has 0 bridgehead atoms. The van der Waals surface area contributed by atoms with E-state index >= 15 is 0 Å². The monoisotopic (exact) mass is 362 g/mol. The summed E-state index contributed by atoms with van der Waals surface area (Å²) in [7, 11) is 0. The summed E-state index contributed by atoms with van der Waals surface area (Å²) < 4.78 is 0. The van der Waals surface area contributed by atoms with Crippen LogP contribution in [0.4, 0.5) is 0 Å². The van der Waals surface area contributed by atoms with Crippen LogP contribution in [-0.2, 0) is 16.1 Å². The zero-order valence-corrected chi connectivity index (χ0v) is 16.4. The highest BCUT2D eigenvalue weighted by Crippen LogP contribution is 2.01. The Morgan fingerprint density at radius 2 is 1.81 bits per heavy atom. The summed E-state index contributed by atoms with van der Waals surface area (Å²) >= 11 is 0. The molecule has 26 heavy (non-hydrogen) atoms. The number of carbonyl (C=O) groups is 2. The number of quaternary nitrogens is 2. The van der Waals surface area contributed by atoms with Gasteiger partial charge in [0.15, 0.2) is 6.54 Å². The van der Waals surface area contributed by atoms with Crippen LogP contribution in [0, 0.1) is 6.92 Å². The lowest BCUT2D eigenvalue weighted by Crippen LogP contribution is -3.28. The van der Waals surface area contributed by atoms with Crippen molar-refractivity contribution in [2.75, 3.05) is 52.4 Å². The molecular formula is C20H34N4O2+2. The Morgan fingerprint density at radius 3 is 2.42 bits per heavy atom. The number of hydrogen-bond donors (Lipinski definition) is 3. The number of hydrogen-bond acceptors (Lipinski definition) is 2. The molecule has 0 spiro atoms. The normalized spacial score (nSPS) is 19.8. The Bertz CT molecular complexity index is 597. The predicted octanol–water partition coefficient (Wildman–Crippen LogP) is -1.74. The average Bonchev–Trinajstić information content (AvgIpc) is 2.61. The van der Waals surface area contributed by atoms with Gasteiger partial charge >= 0.3 is 0 Å². The van der Waals surface area contributed by atoms with E-state index < -0.39 is 0 Å². The zero-order chi connectivity index (χ0) is 18.9. The van der Waals surface area contributed by atoms with Gasteiger partial charge in [0.2, 0.25) is 5.91 Å². The molecule has 1 heterocycles. The summed E-state index contributed by atoms with van der Waals surface area (Å²) in [4.78, 5) is 28.8. The van der Waals surface area contributed by atoms with Crippen molar-refractivity contribution in [2.45, 2.75) is 27.3 Å². The van der Waals surface area contributed by atoms with Crippen molar-refractivity contribution in [1.82, 2.24) is 10.2 Å². The van der Waals surface area contributed by atoms with Crippen molar-refractivity contribution in [2.24, 2.45) is 0 Å². The molecule has 0 radical (unpaired) electrons. The zero-order valence-electron chi connectivity index (χ0n) is 16.4. The van der Waals surface area contributed by atoms with Crippen LogP contribution in [-0.4, -0.2) is 69.1 Å². The Kier molecular flexibility index (Phi) is 8.06. The van der Waals surface area contributed by atoms with E-state index in [1.807, 2.05) is 13.8 Å². The molecule has 0 aromatic heterocycles. The number of carbonyl (C=O) groups excluding carboxylic acids is 2. The van der Waals surface area contributed by atoms with Crippen LogP contribution in [0.25, 0.3) is 0 Å². The van der Waals surface area contributed by atoms with E-state index in [1.165, 1.54) is 16.0 Å². The van der Waals surface area contributed by atoms with Crippen LogP contribution in [0.1, 0.15) is 25.0 Å². The minimum absolute atomic E-state index is 0.0786. The molecule has 2 rings (SSSR count). The molecule has 0 aliphatic carbocycles. The molecule has 1 aromatic rings. The topological polar surface area (TPSA) is 58.3 Å². The third-order valence-corrected chi connectivity index (χ3v) is 5.04. The molecule has 3 N–H and O–H groups in total. The highest BCUT2D eigenvalue weighted by molar-refractivity contribution is 5.85. The highest BCUT2D eigenvalue weighted by Gasteiger charge is 2.27. The van der Waals surface area contributed by atoms with Crippen LogP contribution in [0.2, 0.25) is 0 Å². The van der Waals surface area contributed by atoms with Crippen molar-refractivity contribution in [3.8, 4) is 0 Å². The summed E-state index contributed by atoms with van der Waals surface area (Å²) in [6, 6.07) is 8.71. The van der Waals surface area contributed by atoms with Crippen LogP contribution < -0.4 is 15.1 Å². The van der Waals surface area contributed by atoms with E-state index in [0.717, 1.165) is 32.7 Å². The molecule has 2 amide bonds. The van der Waals surface area contributed by atoms with Gasteiger partial charge in [0.05, 0.1) is 6.54 Å². The minimum Gasteiger partial charge on any atom is -0.355 e. The van der Waals surface area contributed by atoms with Gasteiger partial charge in [-0.05, 0) is 20.8 Å². The van der Waals surface area contributed by atoms with Crippen LogP contribution in [0.5, 0.6) is 0 Å². The molecule has 6 heteroatoms. The van der Waals surface area contributed by atoms with Gasteiger partial charge in [0.1, 0.15) is 32.7 Å². The molecule has 0 unspecified atom stereocenters. The molecule has 1 saturated heterocycles. The molecule has 6 nitrogen and oxygen atoms in total. The Hall–Kier alpha value is -1.92. The van der Waals surface area contributed by atoms with E-state index in [0.29, 0.717) is 19.6 Å². The maximum absolute atomic E-state index is 12.5. The van der Waals surface area contributed by atoms with Gasteiger partial charge in [-0.25, -0.2) is 0 Å². The second-order valence-electron chi connectivity index (χ2n) is 7.20. The Labute approximate surface area is 157 Å². The summed E-state index contributed by atoms with van der Waals surface area (Å²) in [5.74, 6) is 0.000931. The quantitative estimate of drug-likeness (QED) is 0.514. The van der Waals surface area contributed by atoms with Gasteiger partial charge in [-0.1, -0.05) is 29.8 Å². The first-order valence-electron chi connectivity index (χ1n) is 9.79. The maximum atomic E-state index is 12.5. The van der Waals surface area contributed by atoms with Crippen LogP contribution >= 0.6 is 0 Å². The summed E-state index contributed by atoms with van der Waals surface area (Å²) in [5, 5.41) is 2.76. The first-order valence-corrected chi connectivity index (χ1v) is 9.79. The second kappa shape index (κ2) is 10.3. The van der Waals surface area contributed by atoms with Crippen LogP contribution in [0.3, 0.4) is 0 Å². The molecule has 0 saturated carbocycles. The van der Waals surface area contributed by atoms with Gasteiger partial charge in [0.25, 0.3) is 5.91 Å². The van der Waals surface area contributed by atoms with Crippen molar-refractivity contribution in [3.05, 3.63) is 35.4 Å². The predicted molar refractivity (Wildman–Crippen MR) is 102 cm³/mol. The van der Waals surface area contributed by atoms with Crippen molar-refractivity contribution in [1.29, 1.82) is 0 Å². The lowest BCUT2D eigenvalue weighted by molar-refractivity contribution is -1.02. The lowest BCUT2D eigenvalue weighted by Gasteiger charge is -2.30. The fourth-order valence-corrected chi connectivity index (χ4v) is 3.55. The van der Waals surface area contributed by atoms with E-state index in [9.17, 15) is 9.59 Å². The van der Waals surface area contributed by atoms with Crippen molar-refractivity contribution >= 4 is 11.8 Å². The number of aryl methyl sites for hydroxylation is 1. The lowest BCUT2D eigenvalue weighted by atomic mass is 10.1.